The van der Waals surface area contributed by atoms with Gasteiger partial charge in [-0.1, -0.05) is 29.8 Å². The quantitative estimate of drug-likeness (QED) is 0.789. The first-order valence-electron chi connectivity index (χ1n) is 6.38. The van der Waals surface area contributed by atoms with Gasteiger partial charge in [0.15, 0.2) is 0 Å². The molecule has 0 aromatic rings. The Bertz CT molecular complexity index is 230. The van der Waals surface area contributed by atoms with Gasteiger partial charge in [-0.05, 0) is 44.9 Å². The van der Waals surface area contributed by atoms with Crippen LogP contribution in [0.5, 0.6) is 0 Å². The van der Waals surface area contributed by atoms with Crippen molar-refractivity contribution in [3.8, 4) is 0 Å². The summed E-state index contributed by atoms with van der Waals surface area (Å²) in [6.07, 6.45) is 5.50. The summed E-state index contributed by atoms with van der Waals surface area (Å²) in [5, 5.41) is 4.02. The Morgan fingerprint density at radius 1 is 1.38 bits per heavy atom. The Hall–Kier alpha value is -0.0500. The minimum Gasteiger partial charge on any atom is -0.350 e. The van der Waals surface area contributed by atoms with Gasteiger partial charge in [-0.25, -0.2) is 0 Å². The van der Waals surface area contributed by atoms with Gasteiger partial charge in [0.05, 0.1) is 0 Å². The lowest BCUT2D eigenvalue weighted by Gasteiger charge is -2.32. The zero-order valence-electron chi connectivity index (χ0n) is 10.7. The minimum absolute atomic E-state index is 0.0832. The van der Waals surface area contributed by atoms with Crippen molar-refractivity contribution >= 4 is 21.8 Å². The van der Waals surface area contributed by atoms with Crippen molar-refractivity contribution in [2.24, 2.45) is 11.8 Å². The molecule has 0 spiro atoms. The van der Waals surface area contributed by atoms with Crippen LogP contribution < -0.4 is 5.32 Å². The first kappa shape index (κ1) is 14.0. The van der Waals surface area contributed by atoms with E-state index in [-0.39, 0.29) is 17.4 Å². The molecule has 1 amide bonds. The van der Waals surface area contributed by atoms with Gasteiger partial charge in [0.2, 0.25) is 5.91 Å². The normalized spacial score (nSPS) is 29.5. The van der Waals surface area contributed by atoms with E-state index < -0.39 is 0 Å². The SMILES string of the molecule is CCC(C)(CBr)NC(=O)C1CCC(C)CC1. The number of amides is 1. The van der Waals surface area contributed by atoms with Gasteiger partial charge < -0.3 is 5.32 Å². The van der Waals surface area contributed by atoms with Gasteiger partial charge >= 0.3 is 0 Å². The van der Waals surface area contributed by atoms with E-state index in [0.29, 0.717) is 0 Å². The topological polar surface area (TPSA) is 29.1 Å². The largest absolute Gasteiger partial charge is 0.350 e. The molecule has 1 rings (SSSR count). The molecule has 0 heterocycles. The second-order valence-corrected chi connectivity index (χ2v) is 6.05. The number of rotatable bonds is 4. The molecule has 1 aliphatic rings. The monoisotopic (exact) mass is 289 g/mol. The molecule has 0 aromatic carbocycles. The van der Waals surface area contributed by atoms with Gasteiger partial charge in [0.25, 0.3) is 0 Å². The Balaban J connectivity index is 2.46. The maximum atomic E-state index is 12.1. The Morgan fingerprint density at radius 3 is 2.38 bits per heavy atom. The predicted molar refractivity (Wildman–Crippen MR) is 71.8 cm³/mol. The Kier molecular flexibility index (Phi) is 5.29. The highest BCUT2D eigenvalue weighted by atomic mass is 79.9. The fourth-order valence-electron chi connectivity index (χ4n) is 2.14. The number of carbonyl (C=O) groups excluding carboxylic acids is 1. The first-order chi connectivity index (χ1) is 7.50. The van der Waals surface area contributed by atoms with Crippen LogP contribution in [0.1, 0.15) is 52.9 Å². The minimum atomic E-state index is -0.0832. The second-order valence-electron chi connectivity index (χ2n) is 5.49. The fourth-order valence-corrected chi connectivity index (χ4v) is 2.67. The summed E-state index contributed by atoms with van der Waals surface area (Å²) in [6.45, 7) is 6.50. The third kappa shape index (κ3) is 3.76. The summed E-state index contributed by atoms with van der Waals surface area (Å²) in [5.41, 5.74) is -0.0832. The second kappa shape index (κ2) is 6.04. The molecule has 0 aliphatic heterocycles. The maximum Gasteiger partial charge on any atom is 0.223 e. The highest BCUT2D eigenvalue weighted by Gasteiger charge is 2.29. The van der Waals surface area contributed by atoms with Crippen molar-refractivity contribution in [3.63, 3.8) is 0 Å². The molecule has 0 aromatic heterocycles. The molecule has 0 saturated heterocycles. The van der Waals surface area contributed by atoms with Crippen molar-refractivity contribution in [1.29, 1.82) is 0 Å². The lowest BCUT2D eigenvalue weighted by molar-refractivity contribution is -0.127. The first-order valence-corrected chi connectivity index (χ1v) is 7.51. The molecule has 1 unspecified atom stereocenters. The number of halogens is 1. The van der Waals surface area contributed by atoms with Crippen LogP contribution in [0.2, 0.25) is 0 Å². The van der Waals surface area contributed by atoms with Crippen LogP contribution in [0.25, 0.3) is 0 Å². The highest BCUT2D eigenvalue weighted by Crippen LogP contribution is 2.29. The zero-order chi connectivity index (χ0) is 12.2. The molecule has 0 bridgehead atoms. The summed E-state index contributed by atoms with van der Waals surface area (Å²) in [5.74, 6) is 1.31. The molecule has 94 valence electrons. The van der Waals surface area contributed by atoms with Crippen LogP contribution in [-0.4, -0.2) is 16.8 Å². The zero-order valence-corrected chi connectivity index (χ0v) is 12.3. The van der Waals surface area contributed by atoms with Crippen LogP contribution >= 0.6 is 15.9 Å². The molecule has 1 atom stereocenters. The predicted octanol–water partition coefficient (Wildman–Crippen LogP) is 3.49. The molecule has 16 heavy (non-hydrogen) atoms. The van der Waals surface area contributed by atoms with E-state index in [1.54, 1.807) is 0 Å². The van der Waals surface area contributed by atoms with Crippen molar-refractivity contribution in [2.45, 2.75) is 58.4 Å². The third-order valence-electron chi connectivity index (χ3n) is 3.89. The summed E-state index contributed by atoms with van der Waals surface area (Å²) in [7, 11) is 0. The van der Waals surface area contributed by atoms with E-state index in [4.69, 9.17) is 0 Å². The molecule has 1 N–H and O–H groups in total. The third-order valence-corrected chi connectivity index (χ3v) is 5.12. The van der Waals surface area contributed by atoms with E-state index in [9.17, 15) is 4.79 Å². The maximum absolute atomic E-state index is 12.1. The highest BCUT2D eigenvalue weighted by molar-refractivity contribution is 9.09. The molecule has 1 aliphatic carbocycles. The molecular weight excluding hydrogens is 266 g/mol. The van der Waals surface area contributed by atoms with Crippen LogP contribution in [0.15, 0.2) is 0 Å². The van der Waals surface area contributed by atoms with Crippen molar-refractivity contribution < 1.29 is 4.79 Å². The van der Waals surface area contributed by atoms with Gasteiger partial charge in [0.1, 0.15) is 0 Å². The molecular formula is C13H24BrNO. The molecule has 0 radical (unpaired) electrons. The molecule has 3 heteroatoms. The lowest BCUT2D eigenvalue weighted by atomic mass is 9.82. The van der Waals surface area contributed by atoms with Crippen molar-refractivity contribution in [1.82, 2.24) is 5.32 Å². The van der Waals surface area contributed by atoms with E-state index in [2.05, 4.69) is 42.0 Å². The van der Waals surface area contributed by atoms with E-state index in [1.165, 1.54) is 12.8 Å². The molecule has 1 saturated carbocycles. The van der Waals surface area contributed by atoms with Crippen LogP contribution in [0.4, 0.5) is 0 Å². The van der Waals surface area contributed by atoms with E-state index in [1.807, 2.05) is 0 Å². The Labute approximate surface area is 108 Å². The number of hydrogen-bond acceptors (Lipinski definition) is 1. The van der Waals surface area contributed by atoms with Crippen LogP contribution in [0.3, 0.4) is 0 Å². The smallest absolute Gasteiger partial charge is 0.223 e. The number of nitrogens with one attached hydrogen (secondary N) is 1. The van der Waals surface area contributed by atoms with Gasteiger partial charge in [-0.15, -0.1) is 0 Å². The molecule has 2 nitrogen and oxygen atoms in total. The van der Waals surface area contributed by atoms with Gasteiger partial charge in [-0.2, -0.15) is 0 Å². The van der Waals surface area contributed by atoms with Crippen molar-refractivity contribution in [3.05, 3.63) is 0 Å². The van der Waals surface area contributed by atoms with E-state index in [0.717, 1.165) is 30.5 Å². The van der Waals surface area contributed by atoms with Crippen molar-refractivity contribution in [2.75, 3.05) is 5.33 Å². The van der Waals surface area contributed by atoms with Crippen LogP contribution in [0, 0.1) is 11.8 Å². The van der Waals surface area contributed by atoms with Gasteiger partial charge in [0, 0.05) is 16.8 Å². The lowest BCUT2D eigenvalue weighted by Crippen LogP contribution is -2.49. The average Bonchev–Trinajstić information content (AvgIpc) is 2.29. The summed E-state index contributed by atoms with van der Waals surface area (Å²) >= 11 is 3.48. The number of hydrogen-bond donors (Lipinski definition) is 1. The molecule has 1 fully saturated rings. The van der Waals surface area contributed by atoms with E-state index >= 15 is 0 Å². The number of carbonyl (C=O) groups is 1. The Morgan fingerprint density at radius 2 is 1.94 bits per heavy atom. The summed E-state index contributed by atoms with van der Waals surface area (Å²) in [6, 6.07) is 0. The summed E-state index contributed by atoms with van der Waals surface area (Å²) in [4.78, 5) is 12.1. The van der Waals surface area contributed by atoms with Gasteiger partial charge in [-0.3, -0.25) is 4.79 Å². The van der Waals surface area contributed by atoms with Crippen LogP contribution in [-0.2, 0) is 4.79 Å². The summed E-state index contributed by atoms with van der Waals surface area (Å²) < 4.78 is 0. The number of alkyl halides is 1. The fraction of sp³-hybridized carbons (Fsp3) is 0.923. The average molecular weight is 290 g/mol. The standard InChI is InChI=1S/C13H24BrNO/c1-4-13(3,9-14)15-12(16)11-7-5-10(2)6-8-11/h10-11H,4-9H2,1-3H3,(H,15,16).